The van der Waals surface area contributed by atoms with Crippen molar-refractivity contribution < 1.29 is 4.39 Å². The molecule has 4 heterocycles. The third kappa shape index (κ3) is 3.99. The van der Waals surface area contributed by atoms with Crippen LogP contribution in [-0.2, 0) is 5.41 Å². The molecule has 1 aromatic carbocycles. The monoisotopic (exact) mass is 508 g/mol. The van der Waals surface area contributed by atoms with E-state index in [-0.39, 0.29) is 17.3 Å². The first-order chi connectivity index (χ1) is 17.3. The first-order valence-electron chi connectivity index (χ1n) is 12.4. The van der Waals surface area contributed by atoms with Crippen LogP contribution >= 0.6 is 11.6 Å². The molecular weight excluding hydrogens is 479 g/mol. The number of halogens is 2. The second-order valence-corrected chi connectivity index (χ2v) is 11.0. The van der Waals surface area contributed by atoms with Crippen LogP contribution in [0.25, 0.3) is 0 Å². The lowest BCUT2D eigenvalue weighted by molar-refractivity contribution is 0.375. The molecule has 1 aliphatic carbocycles. The first-order valence-corrected chi connectivity index (χ1v) is 12.8. The SMILES string of the molecule is CNc1nc(N[C@H]2[C@@H]3CC[C@H]2CN(c2cc(Cl)ncn2)C3)nc2c1C(C)(C)CN2c1ccc(F)cc1. The number of hydrogen-bond donors (Lipinski definition) is 2. The molecule has 2 aromatic heterocycles. The molecular formula is C26H30ClFN8. The van der Waals surface area contributed by atoms with Crippen LogP contribution in [0.3, 0.4) is 0 Å². The second-order valence-electron chi connectivity index (χ2n) is 10.7. The fraction of sp³-hybridized carbons (Fsp3) is 0.462. The van der Waals surface area contributed by atoms with Gasteiger partial charge in [-0.15, -0.1) is 0 Å². The highest BCUT2D eigenvalue weighted by Crippen LogP contribution is 2.47. The summed E-state index contributed by atoms with van der Waals surface area (Å²) in [7, 11) is 1.90. The van der Waals surface area contributed by atoms with Gasteiger partial charge in [0.25, 0.3) is 0 Å². The van der Waals surface area contributed by atoms with E-state index >= 15 is 0 Å². The zero-order valence-corrected chi connectivity index (χ0v) is 21.4. The van der Waals surface area contributed by atoms with E-state index in [2.05, 4.69) is 44.2 Å². The Hall–Kier alpha value is -3.20. The summed E-state index contributed by atoms with van der Waals surface area (Å²) >= 11 is 6.11. The van der Waals surface area contributed by atoms with Crippen molar-refractivity contribution in [3.8, 4) is 0 Å². The van der Waals surface area contributed by atoms with Gasteiger partial charge in [0.15, 0.2) is 0 Å². The smallest absolute Gasteiger partial charge is 0.226 e. The number of nitrogens with one attached hydrogen (secondary N) is 2. The Bertz CT molecular complexity index is 1270. The lowest BCUT2D eigenvalue weighted by atomic mass is 9.88. The van der Waals surface area contributed by atoms with Crippen molar-refractivity contribution in [2.45, 2.75) is 38.1 Å². The first kappa shape index (κ1) is 23.2. The molecule has 2 N–H and O–H groups in total. The maximum absolute atomic E-state index is 13.6. The van der Waals surface area contributed by atoms with Crippen molar-refractivity contribution in [1.29, 1.82) is 0 Å². The van der Waals surface area contributed by atoms with E-state index in [0.29, 0.717) is 22.9 Å². The minimum atomic E-state index is -0.246. The number of rotatable bonds is 5. The Morgan fingerprint density at radius 1 is 1.06 bits per heavy atom. The molecule has 0 spiro atoms. The maximum atomic E-state index is 13.6. The molecule has 0 radical (unpaired) electrons. The summed E-state index contributed by atoms with van der Waals surface area (Å²) in [6, 6.07) is 8.73. The van der Waals surface area contributed by atoms with Crippen LogP contribution < -0.4 is 20.4 Å². The van der Waals surface area contributed by atoms with Crippen molar-refractivity contribution >= 4 is 40.7 Å². The molecule has 36 heavy (non-hydrogen) atoms. The summed E-state index contributed by atoms with van der Waals surface area (Å²) in [6.45, 7) is 6.94. The quantitative estimate of drug-likeness (QED) is 0.473. The second kappa shape index (κ2) is 8.73. The molecule has 2 aliphatic heterocycles. The van der Waals surface area contributed by atoms with E-state index in [9.17, 15) is 4.39 Å². The van der Waals surface area contributed by atoms with E-state index in [1.807, 2.05) is 25.2 Å². The van der Waals surface area contributed by atoms with Crippen LogP contribution in [0.4, 0.5) is 33.5 Å². The molecule has 3 aliphatic rings. The van der Waals surface area contributed by atoms with Crippen LogP contribution in [0.15, 0.2) is 36.7 Å². The summed E-state index contributed by atoms with van der Waals surface area (Å²) in [4.78, 5) is 22.9. The number of piperidine rings is 1. The highest BCUT2D eigenvalue weighted by atomic mass is 35.5. The molecule has 6 rings (SSSR count). The largest absolute Gasteiger partial charge is 0.373 e. The van der Waals surface area contributed by atoms with E-state index in [1.54, 1.807) is 0 Å². The van der Waals surface area contributed by atoms with Crippen molar-refractivity contribution in [1.82, 2.24) is 19.9 Å². The molecule has 3 atom stereocenters. The number of aromatic nitrogens is 4. The summed E-state index contributed by atoms with van der Waals surface area (Å²) in [5.74, 6) is 3.88. The summed E-state index contributed by atoms with van der Waals surface area (Å²) in [6.07, 6.45) is 3.82. The van der Waals surface area contributed by atoms with Crippen LogP contribution in [0, 0.1) is 17.7 Å². The maximum Gasteiger partial charge on any atom is 0.226 e. The minimum absolute atomic E-state index is 0.163. The van der Waals surface area contributed by atoms with Crippen molar-refractivity contribution in [3.63, 3.8) is 0 Å². The zero-order valence-electron chi connectivity index (χ0n) is 20.7. The fourth-order valence-electron chi connectivity index (χ4n) is 6.19. The Morgan fingerprint density at radius 3 is 2.44 bits per heavy atom. The Balaban J connectivity index is 1.29. The van der Waals surface area contributed by atoms with Gasteiger partial charge in [-0.2, -0.15) is 9.97 Å². The lowest BCUT2D eigenvalue weighted by Gasteiger charge is -2.39. The van der Waals surface area contributed by atoms with Gasteiger partial charge in [-0.1, -0.05) is 25.4 Å². The molecule has 8 nitrogen and oxygen atoms in total. The number of benzene rings is 1. The normalized spacial score (nSPS) is 24.1. The average Bonchev–Trinajstić information content (AvgIpc) is 3.25. The molecule has 1 saturated heterocycles. The molecule has 0 unspecified atom stereocenters. The standard InChI is InChI=1S/C26H30ClFN8/c1-26(2)13-36(18-8-6-17(28)7-9-18)24-21(26)23(29-3)33-25(34-24)32-22-15-4-5-16(22)12-35(11-15)20-10-19(27)30-14-31-20/h6-10,14-16,22H,4-5,11-13H2,1-3H3,(H2,29,32,33,34)/t15-,16+,22+. The van der Waals surface area contributed by atoms with Crippen LogP contribution in [0.1, 0.15) is 32.3 Å². The summed E-state index contributed by atoms with van der Waals surface area (Å²) < 4.78 is 13.6. The topological polar surface area (TPSA) is 82.1 Å². The highest BCUT2D eigenvalue weighted by Gasteiger charge is 2.44. The Labute approximate surface area is 215 Å². The number of hydrogen-bond acceptors (Lipinski definition) is 8. The van der Waals surface area contributed by atoms with Gasteiger partial charge in [0, 0.05) is 55.5 Å². The lowest BCUT2D eigenvalue weighted by Crippen LogP contribution is -2.48. The van der Waals surface area contributed by atoms with E-state index in [1.165, 1.54) is 18.5 Å². The van der Waals surface area contributed by atoms with E-state index < -0.39 is 0 Å². The summed E-state index contributed by atoms with van der Waals surface area (Å²) in [5.41, 5.74) is 1.84. The molecule has 10 heteroatoms. The van der Waals surface area contributed by atoms with Gasteiger partial charge in [0.05, 0.1) is 0 Å². The number of nitrogens with zero attached hydrogens (tertiary/aromatic N) is 6. The highest BCUT2D eigenvalue weighted by molar-refractivity contribution is 6.29. The van der Waals surface area contributed by atoms with Gasteiger partial charge in [0.2, 0.25) is 5.95 Å². The van der Waals surface area contributed by atoms with Gasteiger partial charge in [-0.25, -0.2) is 14.4 Å². The van der Waals surface area contributed by atoms with Gasteiger partial charge in [-0.3, -0.25) is 0 Å². The molecule has 3 aromatic rings. The Kier molecular flexibility index (Phi) is 5.63. The zero-order chi connectivity index (χ0) is 25.0. The minimum Gasteiger partial charge on any atom is -0.373 e. The number of fused-ring (bicyclic) bond motifs is 3. The van der Waals surface area contributed by atoms with Gasteiger partial charge >= 0.3 is 0 Å². The fourth-order valence-corrected chi connectivity index (χ4v) is 6.33. The van der Waals surface area contributed by atoms with Crippen LogP contribution in [0.5, 0.6) is 0 Å². The Morgan fingerprint density at radius 2 is 1.78 bits per heavy atom. The third-order valence-electron chi connectivity index (χ3n) is 7.82. The predicted molar refractivity (Wildman–Crippen MR) is 141 cm³/mol. The number of anilines is 5. The van der Waals surface area contributed by atoms with E-state index in [0.717, 1.165) is 61.2 Å². The van der Waals surface area contributed by atoms with Crippen molar-refractivity contribution in [3.05, 3.63) is 53.2 Å². The van der Waals surface area contributed by atoms with Crippen molar-refractivity contribution in [2.24, 2.45) is 11.8 Å². The predicted octanol–water partition coefficient (Wildman–Crippen LogP) is 4.86. The van der Waals surface area contributed by atoms with Crippen molar-refractivity contribution in [2.75, 3.05) is 47.1 Å². The van der Waals surface area contributed by atoms with Crippen LogP contribution in [0.2, 0.25) is 5.15 Å². The molecule has 188 valence electrons. The van der Waals surface area contributed by atoms with Gasteiger partial charge in [0.1, 0.15) is 34.8 Å². The average molecular weight is 509 g/mol. The van der Waals surface area contributed by atoms with E-state index in [4.69, 9.17) is 21.6 Å². The molecule has 2 bridgehead atoms. The third-order valence-corrected chi connectivity index (χ3v) is 8.03. The van der Waals surface area contributed by atoms with Gasteiger partial charge in [-0.05, 0) is 48.9 Å². The molecule has 1 saturated carbocycles. The van der Waals surface area contributed by atoms with Crippen LogP contribution in [-0.4, -0.2) is 52.7 Å². The summed E-state index contributed by atoms with van der Waals surface area (Å²) in [5, 5.41) is 7.47. The van der Waals surface area contributed by atoms with Gasteiger partial charge < -0.3 is 20.4 Å². The molecule has 2 fully saturated rings. The molecule has 0 amide bonds.